The molecule has 1 atom stereocenters. The first-order chi connectivity index (χ1) is 11.2. The maximum atomic E-state index is 5.63. The Bertz CT molecular complexity index is 654. The highest BCUT2D eigenvalue weighted by Gasteiger charge is 2.27. The number of nitrogens with zero attached hydrogens (tertiary/aromatic N) is 2. The monoisotopic (exact) mass is 375 g/mol. The van der Waals surface area contributed by atoms with Crippen molar-refractivity contribution in [3.63, 3.8) is 0 Å². The van der Waals surface area contributed by atoms with Gasteiger partial charge in [0.1, 0.15) is 5.75 Å². The summed E-state index contributed by atoms with van der Waals surface area (Å²) in [6.45, 7) is 6.05. The Morgan fingerprint density at radius 3 is 2.65 bits per heavy atom. The summed E-state index contributed by atoms with van der Waals surface area (Å²) in [5, 5.41) is 3.42. The zero-order chi connectivity index (χ0) is 16.2. The number of ether oxygens (including phenoxy) is 1. The quantitative estimate of drug-likeness (QED) is 0.890. The van der Waals surface area contributed by atoms with Gasteiger partial charge in [0, 0.05) is 42.4 Å². The van der Waals surface area contributed by atoms with Gasteiger partial charge < -0.3 is 10.1 Å². The molecule has 0 saturated carbocycles. The van der Waals surface area contributed by atoms with Crippen molar-refractivity contribution in [3.8, 4) is 5.75 Å². The lowest BCUT2D eigenvalue weighted by Gasteiger charge is -2.35. The number of hydrogen-bond donors (Lipinski definition) is 1. The van der Waals surface area contributed by atoms with Crippen LogP contribution in [-0.4, -0.2) is 43.2 Å². The summed E-state index contributed by atoms with van der Waals surface area (Å²) in [5.41, 5.74) is 3.39. The number of pyridine rings is 1. The molecule has 0 radical (unpaired) electrons. The number of hydrogen-bond acceptors (Lipinski definition) is 4. The molecule has 1 unspecified atom stereocenters. The number of rotatable bonds is 4. The third kappa shape index (κ3) is 3.74. The molecule has 122 valence electrons. The first-order valence-corrected chi connectivity index (χ1v) is 8.69. The predicted octanol–water partition coefficient (Wildman–Crippen LogP) is 3.16. The van der Waals surface area contributed by atoms with E-state index in [1.165, 1.54) is 5.56 Å². The maximum Gasteiger partial charge on any atom is 0.124 e. The molecule has 0 amide bonds. The van der Waals surface area contributed by atoms with E-state index in [9.17, 15) is 0 Å². The number of methoxy groups -OCH3 is 1. The first-order valence-electron chi connectivity index (χ1n) is 7.90. The molecule has 1 aromatic heterocycles. The summed E-state index contributed by atoms with van der Waals surface area (Å²) < 4.78 is 6.68. The molecule has 0 spiro atoms. The lowest BCUT2D eigenvalue weighted by atomic mass is 9.99. The minimum Gasteiger partial charge on any atom is -0.496 e. The summed E-state index contributed by atoms with van der Waals surface area (Å²) in [6.07, 6.45) is 1.94. The first kappa shape index (κ1) is 16.4. The van der Waals surface area contributed by atoms with Crippen LogP contribution < -0.4 is 10.1 Å². The van der Waals surface area contributed by atoms with Crippen LogP contribution in [0, 0.1) is 6.92 Å². The van der Waals surface area contributed by atoms with Crippen LogP contribution >= 0.6 is 15.9 Å². The van der Waals surface area contributed by atoms with Crippen molar-refractivity contribution in [3.05, 3.63) is 57.8 Å². The molecule has 4 nitrogen and oxygen atoms in total. The number of aromatic nitrogens is 1. The zero-order valence-corrected chi connectivity index (χ0v) is 15.1. The Morgan fingerprint density at radius 2 is 2.00 bits per heavy atom. The van der Waals surface area contributed by atoms with Gasteiger partial charge in [-0.1, -0.05) is 22.0 Å². The van der Waals surface area contributed by atoms with E-state index in [2.05, 4.69) is 51.3 Å². The third-order valence-electron chi connectivity index (χ3n) is 4.22. The Balaban J connectivity index is 2.07. The van der Waals surface area contributed by atoms with Gasteiger partial charge in [-0.3, -0.25) is 9.88 Å². The highest BCUT2D eigenvalue weighted by atomic mass is 79.9. The Morgan fingerprint density at radius 1 is 1.22 bits per heavy atom. The predicted molar refractivity (Wildman–Crippen MR) is 96.0 cm³/mol. The molecule has 23 heavy (non-hydrogen) atoms. The number of aryl methyl sites for hydroxylation is 1. The van der Waals surface area contributed by atoms with Gasteiger partial charge in [-0.05, 0) is 36.8 Å². The second-order valence-corrected chi connectivity index (χ2v) is 6.75. The zero-order valence-electron chi connectivity index (χ0n) is 13.6. The second kappa shape index (κ2) is 7.43. The molecule has 1 aromatic carbocycles. The van der Waals surface area contributed by atoms with Crippen LogP contribution in [0.25, 0.3) is 0 Å². The Kier molecular flexibility index (Phi) is 5.30. The number of benzene rings is 1. The van der Waals surface area contributed by atoms with Gasteiger partial charge in [-0.2, -0.15) is 0 Å². The molecule has 2 aromatic rings. The lowest BCUT2D eigenvalue weighted by Crippen LogP contribution is -2.45. The van der Waals surface area contributed by atoms with E-state index < -0.39 is 0 Å². The van der Waals surface area contributed by atoms with Gasteiger partial charge in [0.05, 0.1) is 18.8 Å². The summed E-state index contributed by atoms with van der Waals surface area (Å²) >= 11 is 3.60. The molecule has 1 fully saturated rings. The second-order valence-electron chi connectivity index (χ2n) is 5.84. The van der Waals surface area contributed by atoms with Crippen LogP contribution in [0.5, 0.6) is 5.75 Å². The summed E-state index contributed by atoms with van der Waals surface area (Å²) in [6, 6.07) is 10.5. The van der Waals surface area contributed by atoms with Crippen molar-refractivity contribution in [1.82, 2.24) is 15.2 Å². The van der Waals surface area contributed by atoms with Crippen molar-refractivity contribution >= 4 is 15.9 Å². The summed E-state index contributed by atoms with van der Waals surface area (Å²) in [7, 11) is 1.73. The fraction of sp³-hybridized carbons (Fsp3) is 0.389. The van der Waals surface area contributed by atoms with Gasteiger partial charge in [0.2, 0.25) is 0 Å². The van der Waals surface area contributed by atoms with Crippen LogP contribution in [-0.2, 0) is 0 Å². The molecule has 1 aliphatic rings. The van der Waals surface area contributed by atoms with Crippen molar-refractivity contribution in [2.45, 2.75) is 13.0 Å². The Labute approximate surface area is 146 Å². The Hall–Kier alpha value is -1.43. The van der Waals surface area contributed by atoms with E-state index in [-0.39, 0.29) is 6.04 Å². The third-order valence-corrected chi connectivity index (χ3v) is 4.71. The van der Waals surface area contributed by atoms with Crippen molar-refractivity contribution < 1.29 is 4.74 Å². The number of halogens is 1. The molecule has 0 bridgehead atoms. The van der Waals surface area contributed by atoms with Gasteiger partial charge in [-0.25, -0.2) is 0 Å². The minimum atomic E-state index is 0.102. The van der Waals surface area contributed by atoms with Crippen molar-refractivity contribution in [1.29, 1.82) is 0 Å². The minimum absolute atomic E-state index is 0.102. The van der Waals surface area contributed by atoms with Gasteiger partial charge >= 0.3 is 0 Å². The van der Waals surface area contributed by atoms with Crippen LogP contribution in [0.4, 0.5) is 0 Å². The fourth-order valence-electron chi connectivity index (χ4n) is 3.04. The normalized spacial score (nSPS) is 17.0. The van der Waals surface area contributed by atoms with Crippen LogP contribution in [0.1, 0.15) is 22.9 Å². The molecule has 1 aliphatic heterocycles. The van der Waals surface area contributed by atoms with E-state index in [0.717, 1.165) is 47.7 Å². The van der Waals surface area contributed by atoms with Crippen molar-refractivity contribution in [2.24, 2.45) is 0 Å². The molecule has 3 rings (SSSR count). The van der Waals surface area contributed by atoms with E-state index in [1.807, 2.05) is 18.3 Å². The number of piperazine rings is 1. The van der Waals surface area contributed by atoms with Crippen LogP contribution in [0.3, 0.4) is 0 Å². The van der Waals surface area contributed by atoms with E-state index in [1.54, 1.807) is 7.11 Å². The molecule has 1 saturated heterocycles. The highest BCUT2D eigenvalue weighted by molar-refractivity contribution is 9.10. The summed E-state index contributed by atoms with van der Waals surface area (Å²) in [4.78, 5) is 7.17. The highest BCUT2D eigenvalue weighted by Crippen LogP contribution is 2.35. The van der Waals surface area contributed by atoms with Crippen LogP contribution in [0.2, 0.25) is 0 Å². The molecule has 1 N–H and O–H groups in total. The molecule has 2 heterocycles. The maximum absolute atomic E-state index is 5.63. The molecule has 5 heteroatoms. The summed E-state index contributed by atoms with van der Waals surface area (Å²) in [5.74, 6) is 0.902. The molecular formula is C18H22BrN3O. The van der Waals surface area contributed by atoms with E-state index in [0.29, 0.717) is 0 Å². The number of nitrogens with one attached hydrogen (secondary N) is 1. The van der Waals surface area contributed by atoms with Gasteiger partial charge in [-0.15, -0.1) is 0 Å². The molecular weight excluding hydrogens is 354 g/mol. The average Bonchev–Trinajstić information content (AvgIpc) is 2.58. The standard InChI is InChI=1S/C18H22BrN3O/c1-13-3-5-16(21-12-13)18(22-9-7-20-8-10-22)15-11-14(19)4-6-17(15)23-2/h3-6,11-12,18,20H,7-10H2,1-2H3. The average molecular weight is 376 g/mol. The van der Waals surface area contributed by atoms with Gasteiger partial charge in [0.15, 0.2) is 0 Å². The lowest BCUT2D eigenvalue weighted by molar-refractivity contribution is 0.192. The molecule has 0 aliphatic carbocycles. The topological polar surface area (TPSA) is 37.4 Å². The fourth-order valence-corrected chi connectivity index (χ4v) is 3.42. The smallest absolute Gasteiger partial charge is 0.124 e. The van der Waals surface area contributed by atoms with Crippen molar-refractivity contribution in [2.75, 3.05) is 33.3 Å². The van der Waals surface area contributed by atoms with Crippen LogP contribution in [0.15, 0.2) is 41.0 Å². The van der Waals surface area contributed by atoms with E-state index in [4.69, 9.17) is 9.72 Å². The largest absolute Gasteiger partial charge is 0.496 e. The van der Waals surface area contributed by atoms with E-state index >= 15 is 0 Å². The SMILES string of the molecule is COc1ccc(Br)cc1C(c1ccc(C)cn1)N1CCNCC1. The van der Waals surface area contributed by atoms with Gasteiger partial charge in [0.25, 0.3) is 0 Å².